The lowest BCUT2D eigenvalue weighted by Crippen LogP contribution is -2.45. The second kappa shape index (κ2) is 5.34. The van der Waals surface area contributed by atoms with Gasteiger partial charge in [0.15, 0.2) is 11.1 Å². The Morgan fingerprint density at radius 2 is 2.00 bits per heavy atom. The second-order valence-electron chi connectivity index (χ2n) is 4.64. The fourth-order valence-electron chi connectivity index (χ4n) is 2.22. The van der Waals surface area contributed by atoms with Crippen molar-refractivity contribution in [1.29, 1.82) is 0 Å². The number of aromatic amines is 1. The van der Waals surface area contributed by atoms with E-state index in [-0.39, 0.29) is 31.0 Å². The molecule has 0 aromatic carbocycles. The molecule has 1 aliphatic heterocycles. The Balaban J connectivity index is 2.02. The SMILES string of the molecule is O=S(=O)(c1cnc[nH]1)N1CCC(C(O)C(F)(F)F)CC1. The Morgan fingerprint density at radius 1 is 1.40 bits per heavy atom. The van der Waals surface area contributed by atoms with Gasteiger partial charge in [-0.05, 0) is 18.8 Å². The number of aliphatic hydroxyl groups excluding tert-OH is 1. The average Bonchev–Trinajstić information content (AvgIpc) is 2.91. The van der Waals surface area contributed by atoms with Crippen LogP contribution in [0.4, 0.5) is 13.2 Å². The van der Waals surface area contributed by atoms with Crippen molar-refractivity contribution in [2.45, 2.75) is 30.1 Å². The predicted octanol–water partition coefficient (Wildman–Crippen LogP) is 0.734. The van der Waals surface area contributed by atoms with Crippen molar-refractivity contribution < 1.29 is 26.7 Å². The Kier molecular flexibility index (Phi) is 4.07. The molecule has 1 aromatic rings. The second-order valence-corrected chi connectivity index (χ2v) is 6.55. The van der Waals surface area contributed by atoms with Crippen LogP contribution < -0.4 is 0 Å². The number of nitrogens with zero attached hydrogens (tertiary/aromatic N) is 2. The summed E-state index contributed by atoms with van der Waals surface area (Å²) in [6.45, 7) is -0.113. The molecule has 1 aromatic heterocycles. The Hall–Kier alpha value is -1.13. The van der Waals surface area contributed by atoms with E-state index in [0.29, 0.717) is 0 Å². The fourth-order valence-corrected chi connectivity index (χ4v) is 3.59. The highest BCUT2D eigenvalue weighted by Gasteiger charge is 2.45. The summed E-state index contributed by atoms with van der Waals surface area (Å²) in [5.74, 6) is -0.969. The van der Waals surface area contributed by atoms with Gasteiger partial charge in [0.25, 0.3) is 10.0 Å². The number of rotatable bonds is 3. The lowest BCUT2D eigenvalue weighted by atomic mass is 9.92. The van der Waals surface area contributed by atoms with Gasteiger partial charge in [0.2, 0.25) is 0 Å². The molecule has 0 saturated carbocycles. The third-order valence-corrected chi connectivity index (χ3v) is 5.20. The van der Waals surface area contributed by atoms with Gasteiger partial charge in [-0.15, -0.1) is 0 Å². The summed E-state index contributed by atoms with van der Waals surface area (Å²) in [6, 6.07) is 0. The van der Waals surface area contributed by atoms with Crippen molar-refractivity contribution in [3.8, 4) is 0 Å². The minimum absolute atomic E-state index is 0.0337. The van der Waals surface area contributed by atoms with E-state index in [1.54, 1.807) is 0 Å². The number of piperidine rings is 1. The van der Waals surface area contributed by atoms with Gasteiger partial charge in [-0.2, -0.15) is 17.5 Å². The first-order chi connectivity index (χ1) is 9.23. The molecule has 0 amide bonds. The topological polar surface area (TPSA) is 86.3 Å². The molecule has 0 spiro atoms. The van der Waals surface area contributed by atoms with Crippen LogP contribution in [-0.2, 0) is 10.0 Å². The van der Waals surface area contributed by atoms with E-state index in [0.717, 1.165) is 10.5 Å². The molecule has 2 N–H and O–H groups in total. The van der Waals surface area contributed by atoms with E-state index < -0.39 is 28.2 Å². The fraction of sp³-hybridized carbons (Fsp3) is 0.700. The maximum Gasteiger partial charge on any atom is 0.414 e. The van der Waals surface area contributed by atoms with Crippen molar-refractivity contribution in [2.24, 2.45) is 5.92 Å². The summed E-state index contributed by atoms with van der Waals surface area (Å²) < 4.78 is 62.5. The number of nitrogens with one attached hydrogen (secondary N) is 1. The monoisotopic (exact) mass is 313 g/mol. The molecule has 0 radical (unpaired) electrons. The summed E-state index contributed by atoms with van der Waals surface area (Å²) in [5, 5.41) is 9.08. The number of imidazole rings is 1. The van der Waals surface area contributed by atoms with Crippen LogP contribution in [0.1, 0.15) is 12.8 Å². The van der Waals surface area contributed by atoms with Gasteiger partial charge in [0.05, 0.1) is 12.5 Å². The van der Waals surface area contributed by atoms with Crippen LogP contribution in [0.25, 0.3) is 0 Å². The first kappa shape index (κ1) is 15.3. The van der Waals surface area contributed by atoms with Crippen LogP contribution >= 0.6 is 0 Å². The number of H-pyrrole nitrogens is 1. The summed E-state index contributed by atoms with van der Waals surface area (Å²) >= 11 is 0. The van der Waals surface area contributed by atoms with Gasteiger partial charge in [-0.1, -0.05) is 0 Å². The van der Waals surface area contributed by atoms with E-state index >= 15 is 0 Å². The number of halogens is 3. The molecular weight excluding hydrogens is 299 g/mol. The Bertz CT molecular complexity index is 536. The van der Waals surface area contributed by atoms with Crippen LogP contribution in [0.2, 0.25) is 0 Å². The normalized spacial score (nSPS) is 21.0. The molecule has 10 heteroatoms. The molecule has 114 valence electrons. The summed E-state index contributed by atoms with van der Waals surface area (Å²) in [7, 11) is -3.75. The lowest BCUT2D eigenvalue weighted by molar-refractivity contribution is -0.222. The zero-order valence-corrected chi connectivity index (χ0v) is 11.2. The third kappa shape index (κ3) is 2.96. The van der Waals surface area contributed by atoms with E-state index in [2.05, 4.69) is 9.97 Å². The first-order valence-electron chi connectivity index (χ1n) is 5.96. The number of alkyl halides is 3. The van der Waals surface area contributed by atoms with Crippen LogP contribution in [0.15, 0.2) is 17.6 Å². The molecule has 1 aliphatic rings. The largest absolute Gasteiger partial charge is 0.414 e. The molecule has 6 nitrogen and oxygen atoms in total. The molecule has 0 aliphatic carbocycles. The molecule has 1 saturated heterocycles. The third-order valence-electron chi connectivity index (χ3n) is 3.37. The lowest BCUT2D eigenvalue weighted by Gasteiger charge is -2.33. The molecule has 1 atom stereocenters. The maximum atomic E-state index is 12.4. The predicted molar refractivity (Wildman–Crippen MR) is 62.1 cm³/mol. The van der Waals surface area contributed by atoms with Gasteiger partial charge in [0, 0.05) is 13.1 Å². The minimum atomic E-state index is -4.67. The number of hydrogen-bond donors (Lipinski definition) is 2. The maximum absolute atomic E-state index is 12.4. The summed E-state index contributed by atoms with van der Waals surface area (Å²) in [4.78, 5) is 6.07. The zero-order valence-electron chi connectivity index (χ0n) is 10.3. The van der Waals surface area contributed by atoms with Crippen molar-refractivity contribution in [1.82, 2.24) is 14.3 Å². The Labute approximate surface area is 113 Å². The number of aromatic nitrogens is 2. The highest BCUT2D eigenvalue weighted by Crippen LogP contribution is 2.32. The van der Waals surface area contributed by atoms with Gasteiger partial charge in [-0.3, -0.25) is 0 Å². The van der Waals surface area contributed by atoms with Crippen LogP contribution in [0, 0.1) is 5.92 Å². The van der Waals surface area contributed by atoms with E-state index in [1.165, 1.54) is 6.33 Å². The van der Waals surface area contributed by atoms with Crippen LogP contribution in [0.3, 0.4) is 0 Å². The number of sulfonamides is 1. The smallest absolute Gasteiger partial charge is 0.383 e. The molecule has 1 unspecified atom stereocenters. The van der Waals surface area contributed by atoms with E-state index in [1.807, 2.05) is 0 Å². The Morgan fingerprint density at radius 3 is 2.45 bits per heavy atom. The number of hydrogen-bond acceptors (Lipinski definition) is 4. The van der Waals surface area contributed by atoms with Crippen molar-refractivity contribution >= 4 is 10.0 Å². The van der Waals surface area contributed by atoms with Crippen molar-refractivity contribution in [3.05, 3.63) is 12.5 Å². The van der Waals surface area contributed by atoms with E-state index in [9.17, 15) is 26.7 Å². The highest BCUT2D eigenvalue weighted by molar-refractivity contribution is 7.89. The summed E-state index contributed by atoms with van der Waals surface area (Å²) in [5.41, 5.74) is 0. The van der Waals surface area contributed by atoms with Gasteiger partial charge >= 0.3 is 6.18 Å². The van der Waals surface area contributed by atoms with Crippen LogP contribution in [0.5, 0.6) is 0 Å². The molecular formula is C10H14F3N3O3S. The highest BCUT2D eigenvalue weighted by atomic mass is 32.2. The van der Waals surface area contributed by atoms with Crippen LogP contribution in [-0.4, -0.2) is 53.2 Å². The van der Waals surface area contributed by atoms with Gasteiger partial charge in [0.1, 0.15) is 0 Å². The summed E-state index contributed by atoms with van der Waals surface area (Å²) in [6.07, 6.45) is -4.78. The first-order valence-corrected chi connectivity index (χ1v) is 7.40. The van der Waals surface area contributed by atoms with Gasteiger partial charge in [-0.25, -0.2) is 13.4 Å². The molecule has 2 rings (SSSR count). The quantitative estimate of drug-likeness (QED) is 0.861. The molecule has 2 heterocycles. The van der Waals surface area contributed by atoms with Crippen molar-refractivity contribution in [3.63, 3.8) is 0 Å². The standard InChI is InChI=1S/C10H14F3N3O3S/c11-10(12,13)9(17)7-1-3-16(4-2-7)20(18,19)8-5-14-6-15-8/h5-7,9,17H,1-4H2,(H,14,15). The van der Waals surface area contributed by atoms with E-state index in [4.69, 9.17) is 0 Å². The molecule has 0 bridgehead atoms. The number of aliphatic hydroxyl groups is 1. The zero-order chi connectivity index (χ0) is 15.0. The van der Waals surface area contributed by atoms with Gasteiger partial charge < -0.3 is 10.1 Å². The minimum Gasteiger partial charge on any atom is -0.383 e. The molecule has 1 fully saturated rings. The molecule has 20 heavy (non-hydrogen) atoms. The average molecular weight is 313 g/mol. The van der Waals surface area contributed by atoms with Crippen molar-refractivity contribution in [2.75, 3.05) is 13.1 Å².